The molecule has 0 fully saturated rings. The van der Waals surface area contributed by atoms with Crippen molar-refractivity contribution in [2.24, 2.45) is 12.8 Å². The number of nitrogens with two attached hydrogens (primary N) is 1. The third-order valence-electron chi connectivity index (χ3n) is 3.43. The summed E-state index contributed by atoms with van der Waals surface area (Å²) in [5.41, 5.74) is 8.39. The number of benzene rings is 1. The molecule has 1 aromatic heterocycles. The Hall–Kier alpha value is -2.14. The van der Waals surface area contributed by atoms with Gasteiger partial charge in [0.2, 0.25) is 0 Å². The molecule has 1 atom stereocenters. The van der Waals surface area contributed by atoms with E-state index in [0.717, 1.165) is 24.1 Å². The van der Waals surface area contributed by atoms with Crippen molar-refractivity contribution in [3.05, 3.63) is 53.3 Å². The average Bonchev–Trinajstić information content (AvgIpc) is 2.88. The van der Waals surface area contributed by atoms with Gasteiger partial charge in [-0.05, 0) is 18.4 Å². The molecule has 2 rings (SSSR count). The molecule has 1 heterocycles. The van der Waals surface area contributed by atoms with Crippen molar-refractivity contribution >= 4 is 5.91 Å². The first-order valence-corrected chi connectivity index (χ1v) is 7.21. The number of nitrogens with one attached hydrogen (secondary N) is 1. The minimum atomic E-state index is -0.105. The molecule has 0 aliphatic heterocycles. The zero-order chi connectivity index (χ0) is 15.2. The number of carbonyl (C=O) groups is 1. The molecular formula is C16H22N4O. The van der Waals surface area contributed by atoms with Crippen LogP contribution in [0, 0.1) is 0 Å². The van der Waals surface area contributed by atoms with Crippen LogP contribution in [0.2, 0.25) is 0 Å². The van der Waals surface area contributed by atoms with E-state index >= 15 is 0 Å². The largest absolute Gasteiger partial charge is 0.348 e. The zero-order valence-electron chi connectivity index (χ0n) is 12.5. The number of rotatable bonds is 6. The molecule has 2 aromatic rings. The predicted octanol–water partition coefficient (Wildman–Crippen LogP) is 1.28. The summed E-state index contributed by atoms with van der Waals surface area (Å²) in [6, 6.07) is 9.95. The highest BCUT2D eigenvalue weighted by atomic mass is 16.1. The normalized spacial score (nSPS) is 12.1. The molecule has 1 amide bonds. The van der Waals surface area contributed by atoms with Gasteiger partial charge in [0.15, 0.2) is 0 Å². The Morgan fingerprint density at radius 3 is 2.71 bits per heavy atom. The van der Waals surface area contributed by atoms with E-state index in [-0.39, 0.29) is 11.9 Å². The van der Waals surface area contributed by atoms with Crippen LogP contribution >= 0.6 is 0 Å². The second-order valence-corrected chi connectivity index (χ2v) is 5.11. The molecule has 5 heteroatoms. The lowest BCUT2D eigenvalue weighted by atomic mass is 10.1. The van der Waals surface area contributed by atoms with Crippen LogP contribution < -0.4 is 11.1 Å². The number of hydrogen-bond donors (Lipinski definition) is 2. The smallest absolute Gasteiger partial charge is 0.255 e. The summed E-state index contributed by atoms with van der Waals surface area (Å²) in [5.74, 6) is -0.105. The van der Waals surface area contributed by atoms with Crippen molar-refractivity contribution in [1.29, 1.82) is 0 Å². The summed E-state index contributed by atoms with van der Waals surface area (Å²) in [6.07, 6.45) is 3.21. The fourth-order valence-electron chi connectivity index (χ4n) is 2.34. The molecule has 0 radical (unpaired) electrons. The fourth-order valence-corrected chi connectivity index (χ4v) is 2.34. The second-order valence-electron chi connectivity index (χ2n) is 5.11. The van der Waals surface area contributed by atoms with Crippen LogP contribution in [0.4, 0.5) is 0 Å². The third kappa shape index (κ3) is 3.92. The van der Waals surface area contributed by atoms with Gasteiger partial charge in [0.05, 0.1) is 11.3 Å². The average molecular weight is 286 g/mol. The van der Waals surface area contributed by atoms with Gasteiger partial charge >= 0.3 is 0 Å². The SMILES string of the molecule is CCc1nn(C)cc1C(=O)NC(CN)Cc1ccccc1. The zero-order valence-corrected chi connectivity index (χ0v) is 12.5. The summed E-state index contributed by atoms with van der Waals surface area (Å²) in [5, 5.41) is 7.29. The highest BCUT2D eigenvalue weighted by Crippen LogP contribution is 2.08. The van der Waals surface area contributed by atoms with Gasteiger partial charge in [-0.15, -0.1) is 0 Å². The molecule has 0 saturated carbocycles. The van der Waals surface area contributed by atoms with Crippen LogP contribution in [0.3, 0.4) is 0 Å². The Morgan fingerprint density at radius 2 is 2.10 bits per heavy atom. The quantitative estimate of drug-likeness (QED) is 0.840. The summed E-state index contributed by atoms with van der Waals surface area (Å²) in [6.45, 7) is 2.39. The molecule has 1 aromatic carbocycles. The van der Waals surface area contributed by atoms with E-state index in [9.17, 15) is 4.79 Å². The van der Waals surface area contributed by atoms with Crippen molar-refractivity contribution in [3.63, 3.8) is 0 Å². The van der Waals surface area contributed by atoms with E-state index in [0.29, 0.717) is 12.1 Å². The molecule has 21 heavy (non-hydrogen) atoms. The third-order valence-corrected chi connectivity index (χ3v) is 3.43. The Bertz CT molecular complexity index is 592. The Labute approximate surface area is 125 Å². The van der Waals surface area contributed by atoms with Crippen LogP contribution in [-0.2, 0) is 19.9 Å². The van der Waals surface area contributed by atoms with Crippen molar-refractivity contribution in [2.75, 3.05) is 6.54 Å². The van der Waals surface area contributed by atoms with Crippen molar-refractivity contribution in [1.82, 2.24) is 15.1 Å². The second kappa shape index (κ2) is 7.04. The molecule has 0 aliphatic rings. The number of nitrogens with zero attached hydrogens (tertiary/aromatic N) is 2. The lowest BCUT2D eigenvalue weighted by Crippen LogP contribution is -2.41. The molecule has 0 bridgehead atoms. The topological polar surface area (TPSA) is 72.9 Å². The van der Waals surface area contributed by atoms with Crippen LogP contribution in [0.1, 0.15) is 28.5 Å². The number of hydrogen-bond acceptors (Lipinski definition) is 3. The highest BCUT2D eigenvalue weighted by Gasteiger charge is 2.17. The maximum absolute atomic E-state index is 12.4. The summed E-state index contributed by atoms with van der Waals surface area (Å²) < 4.78 is 1.67. The maximum Gasteiger partial charge on any atom is 0.255 e. The molecule has 5 nitrogen and oxygen atoms in total. The standard InChI is InChI=1S/C16H22N4O/c1-3-15-14(11-20(2)19-15)16(21)18-13(10-17)9-12-7-5-4-6-8-12/h4-8,11,13H,3,9-10,17H2,1-2H3,(H,18,21). The summed E-state index contributed by atoms with van der Waals surface area (Å²) in [4.78, 5) is 12.4. The Kier molecular flexibility index (Phi) is 5.11. The van der Waals surface area contributed by atoms with Gasteiger partial charge in [-0.2, -0.15) is 5.10 Å². The fraction of sp³-hybridized carbons (Fsp3) is 0.375. The lowest BCUT2D eigenvalue weighted by Gasteiger charge is -2.16. The van der Waals surface area contributed by atoms with Gasteiger partial charge in [0.25, 0.3) is 5.91 Å². The van der Waals surface area contributed by atoms with Gasteiger partial charge in [-0.3, -0.25) is 9.48 Å². The first-order chi connectivity index (χ1) is 10.1. The highest BCUT2D eigenvalue weighted by molar-refractivity contribution is 5.95. The lowest BCUT2D eigenvalue weighted by molar-refractivity contribution is 0.0937. The molecule has 3 N–H and O–H groups in total. The Morgan fingerprint density at radius 1 is 1.38 bits per heavy atom. The van der Waals surface area contributed by atoms with Crippen molar-refractivity contribution in [3.8, 4) is 0 Å². The van der Waals surface area contributed by atoms with Crippen molar-refractivity contribution < 1.29 is 4.79 Å². The monoisotopic (exact) mass is 286 g/mol. The minimum Gasteiger partial charge on any atom is -0.348 e. The number of amides is 1. The van der Waals surface area contributed by atoms with Gasteiger partial charge < -0.3 is 11.1 Å². The van der Waals surface area contributed by atoms with E-state index < -0.39 is 0 Å². The van der Waals surface area contributed by atoms with Gasteiger partial charge in [-0.25, -0.2) is 0 Å². The number of aromatic nitrogens is 2. The van der Waals surface area contributed by atoms with E-state index in [4.69, 9.17) is 5.73 Å². The van der Waals surface area contributed by atoms with Crippen LogP contribution in [-0.4, -0.2) is 28.3 Å². The van der Waals surface area contributed by atoms with Gasteiger partial charge in [0.1, 0.15) is 0 Å². The molecule has 1 unspecified atom stereocenters. The van der Waals surface area contributed by atoms with Crippen LogP contribution in [0.5, 0.6) is 0 Å². The minimum absolute atomic E-state index is 0.0789. The first kappa shape index (κ1) is 15.3. The van der Waals surface area contributed by atoms with E-state index in [1.807, 2.05) is 44.3 Å². The number of aryl methyl sites for hydroxylation is 2. The van der Waals surface area contributed by atoms with Gasteiger partial charge in [0, 0.05) is 25.8 Å². The molecule has 0 saturated heterocycles. The van der Waals surface area contributed by atoms with E-state index in [1.165, 1.54) is 0 Å². The van der Waals surface area contributed by atoms with Crippen LogP contribution in [0.15, 0.2) is 36.5 Å². The van der Waals surface area contributed by atoms with Crippen molar-refractivity contribution in [2.45, 2.75) is 25.8 Å². The Balaban J connectivity index is 2.05. The molecular weight excluding hydrogens is 264 g/mol. The maximum atomic E-state index is 12.4. The molecule has 0 aliphatic carbocycles. The van der Waals surface area contributed by atoms with Gasteiger partial charge in [-0.1, -0.05) is 37.3 Å². The number of carbonyl (C=O) groups excluding carboxylic acids is 1. The van der Waals surface area contributed by atoms with E-state index in [2.05, 4.69) is 10.4 Å². The van der Waals surface area contributed by atoms with E-state index in [1.54, 1.807) is 10.9 Å². The predicted molar refractivity (Wildman–Crippen MR) is 83.0 cm³/mol. The molecule has 0 spiro atoms. The summed E-state index contributed by atoms with van der Waals surface area (Å²) >= 11 is 0. The molecule has 112 valence electrons. The first-order valence-electron chi connectivity index (χ1n) is 7.21. The summed E-state index contributed by atoms with van der Waals surface area (Å²) in [7, 11) is 1.82. The van der Waals surface area contributed by atoms with Crippen LogP contribution in [0.25, 0.3) is 0 Å².